The third-order valence-corrected chi connectivity index (χ3v) is 6.29. The van der Waals surface area contributed by atoms with E-state index in [-0.39, 0.29) is 42.0 Å². The molecule has 7 nitrogen and oxygen atoms in total. The first kappa shape index (κ1) is 26.3. The van der Waals surface area contributed by atoms with Gasteiger partial charge in [-0.2, -0.15) is 0 Å². The van der Waals surface area contributed by atoms with Gasteiger partial charge in [0.15, 0.2) is 5.96 Å². The minimum absolute atomic E-state index is 0. The smallest absolute Gasteiger partial charge is 0.253 e. The first-order valence-electron chi connectivity index (χ1n) is 12.0. The molecule has 2 atom stereocenters. The number of guanidine groups is 1. The Bertz CT molecular complexity index is 971. The van der Waals surface area contributed by atoms with Gasteiger partial charge >= 0.3 is 0 Å². The fourth-order valence-corrected chi connectivity index (χ4v) is 4.40. The van der Waals surface area contributed by atoms with Crippen LogP contribution in [0.5, 0.6) is 0 Å². The van der Waals surface area contributed by atoms with Gasteiger partial charge in [-0.25, -0.2) is 0 Å². The molecule has 4 rings (SSSR count). The highest BCUT2D eigenvalue weighted by Gasteiger charge is 2.23. The van der Waals surface area contributed by atoms with Gasteiger partial charge in [-0.3, -0.25) is 9.79 Å². The summed E-state index contributed by atoms with van der Waals surface area (Å²) in [7, 11) is 1.78. The quantitative estimate of drug-likeness (QED) is 0.258. The zero-order valence-electron chi connectivity index (χ0n) is 20.0. The van der Waals surface area contributed by atoms with Gasteiger partial charge in [0.1, 0.15) is 6.10 Å². The number of nitrogens with one attached hydrogen (secondary N) is 3. The van der Waals surface area contributed by atoms with E-state index >= 15 is 0 Å². The van der Waals surface area contributed by atoms with Crippen LogP contribution in [0.3, 0.4) is 0 Å². The molecule has 8 heteroatoms. The molecule has 3 N–H and O–H groups in total. The van der Waals surface area contributed by atoms with Gasteiger partial charge in [0.2, 0.25) is 0 Å². The monoisotopic (exact) mass is 577 g/mol. The van der Waals surface area contributed by atoms with Gasteiger partial charge in [0, 0.05) is 44.7 Å². The van der Waals surface area contributed by atoms with Crippen LogP contribution in [0.4, 0.5) is 11.4 Å². The molecular formula is C26H36IN5O2. The molecule has 2 aliphatic rings. The van der Waals surface area contributed by atoms with E-state index in [4.69, 9.17) is 4.74 Å². The molecule has 184 valence electrons. The number of carbonyl (C=O) groups excluding carboxylic acids is 1. The Morgan fingerprint density at radius 3 is 2.68 bits per heavy atom. The fraction of sp³-hybridized carbons (Fsp3) is 0.462. The summed E-state index contributed by atoms with van der Waals surface area (Å²) in [5.74, 6) is 0.669. The lowest BCUT2D eigenvalue weighted by atomic mass is 10.1. The van der Waals surface area contributed by atoms with Gasteiger partial charge < -0.3 is 25.6 Å². The predicted octanol–water partition coefficient (Wildman–Crippen LogP) is 4.45. The Morgan fingerprint density at radius 2 is 1.94 bits per heavy atom. The number of benzene rings is 2. The average Bonchev–Trinajstić information content (AvgIpc) is 3.57. The van der Waals surface area contributed by atoms with Crippen molar-refractivity contribution in [2.24, 2.45) is 4.99 Å². The van der Waals surface area contributed by atoms with Crippen molar-refractivity contribution < 1.29 is 9.53 Å². The summed E-state index contributed by atoms with van der Waals surface area (Å²) >= 11 is 0. The summed E-state index contributed by atoms with van der Waals surface area (Å²) in [6.45, 7) is 5.69. The first-order valence-corrected chi connectivity index (χ1v) is 12.0. The highest BCUT2D eigenvalue weighted by molar-refractivity contribution is 14.0. The van der Waals surface area contributed by atoms with E-state index < -0.39 is 0 Å². The Kier molecular flexibility index (Phi) is 10.0. The minimum atomic E-state index is -0.333. The summed E-state index contributed by atoms with van der Waals surface area (Å²) in [5.41, 5.74) is 4.38. The van der Waals surface area contributed by atoms with E-state index in [1.165, 1.54) is 24.1 Å². The topological polar surface area (TPSA) is 78.0 Å². The lowest BCUT2D eigenvalue weighted by molar-refractivity contribution is -0.124. The zero-order chi connectivity index (χ0) is 23.0. The van der Waals surface area contributed by atoms with E-state index in [0.29, 0.717) is 13.2 Å². The van der Waals surface area contributed by atoms with Crippen molar-refractivity contribution in [2.45, 2.75) is 51.3 Å². The maximum atomic E-state index is 12.3. The van der Waals surface area contributed by atoms with E-state index in [1.54, 1.807) is 7.05 Å². The van der Waals surface area contributed by atoms with Gasteiger partial charge in [0.05, 0.1) is 6.04 Å². The van der Waals surface area contributed by atoms with Crippen LogP contribution in [-0.4, -0.2) is 44.7 Å². The number of hydrogen-bond donors (Lipinski definition) is 3. The van der Waals surface area contributed by atoms with Crippen LogP contribution >= 0.6 is 24.0 Å². The molecule has 0 bridgehead atoms. The predicted molar refractivity (Wildman–Crippen MR) is 149 cm³/mol. The molecule has 2 saturated heterocycles. The number of ether oxygens (including phenoxy) is 1. The van der Waals surface area contributed by atoms with E-state index in [2.05, 4.69) is 57.0 Å². The Hall–Kier alpha value is -2.33. The van der Waals surface area contributed by atoms with E-state index in [0.717, 1.165) is 43.1 Å². The third kappa shape index (κ3) is 7.09. The zero-order valence-corrected chi connectivity index (χ0v) is 22.4. The van der Waals surface area contributed by atoms with Crippen molar-refractivity contribution in [3.05, 3.63) is 59.7 Å². The summed E-state index contributed by atoms with van der Waals surface area (Å²) in [6, 6.07) is 16.7. The summed E-state index contributed by atoms with van der Waals surface area (Å²) in [6.07, 6.45) is 3.94. The number of nitrogens with zero attached hydrogens (tertiary/aromatic N) is 2. The molecule has 0 aliphatic carbocycles. The summed E-state index contributed by atoms with van der Waals surface area (Å²) < 4.78 is 5.47. The molecule has 2 aromatic carbocycles. The van der Waals surface area contributed by atoms with Crippen LogP contribution < -0.4 is 20.9 Å². The normalized spacial score (nSPS) is 18.8. The highest BCUT2D eigenvalue weighted by Crippen LogP contribution is 2.24. The molecule has 2 heterocycles. The standard InChI is InChI=1S/C26H35N5O2.HI/c1-19(21-9-6-11-23(17-21)31-13-3-4-14-31)29-26(27-2)28-18-20-8-5-10-22(16-20)30-25(32)24-12-7-15-33-24;/h5-6,8-11,16-17,19,24H,3-4,7,12-15,18H2,1-2H3,(H,30,32)(H2,27,28,29);1H. The van der Waals surface area contributed by atoms with Crippen LogP contribution in [0.25, 0.3) is 0 Å². The van der Waals surface area contributed by atoms with Crippen LogP contribution in [0.1, 0.15) is 49.8 Å². The fourth-order valence-electron chi connectivity index (χ4n) is 4.40. The van der Waals surface area contributed by atoms with Gasteiger partial charge in [0.25, 0.3) is 5.91 Å². The average molecular weight is 578 g/mol. The Labute approximate surface area is 219 Å². The molecule has 2 aliphatic heterocycles. The second-order valence-corrected chi connectivity index (χ2v) is 8.77. The van der Waals surface area contributed by atoms with Crippen molar-refractivity contribution in [3.8, 4) is 0 Å². The summed E-state index contributed by atoms with van der Waals surface area (Å²) in [5, 5.41) is 9.84. The van der Waals surface area contributed by atoms with Crippen LogP contribution in [0.15, 0.2) is 53.5 Å². The molecule has 0 spiro atoms. The second-order valence-electron chi connectivity index (χ2n) is 8.77. The first-order chi connectivity index (χ1) is 16.1. The largest absolute Gasteiger partial charge is 0.372 e. The molecule has 1 amide bonds. The maximum Gasteiger partial charge on any atom is 0.253 e. The van der Waals surface area contributed by atoms with Crippen LogP contribution in [-0.2, 0) is 16.1 Å². The lowest BCUT2D eigenvalue weighted by Crippen LogP contribution is -2.38. The van der Waals surface area contributed by atoms with Crippen molar-refractivity contribution in [1.29, 1.82) is 0 Å². The number of rotatable bonds is 7. The number of halogens is 1. The SMILES string of the molecule is CN=C(NCc1cccc(NC(=O)C2CCCO2)c1)NC(C)c1cccc(N2CCCC2)c1.I. The van der Waals surface area contributed by atoms with Crippen molar-refractivity contribution in [3.63, 3.8) is 0 Å². The second kappa shape index (κ2) is 12.9. The van der Waals surface area contributed by atoms with Crippen LogP contribution in [0, 0.1) is 0 Å². The summed E-state index contributed by atoms with van der Waals surface area (Å²) in [4.78, 5) is 19.2. The highest BCUT2D eigenvalue weighted by atomic mass is 127. The van der Waals surface area contributed by atoms with Gasteiger partial charge in [-0.15, -0.1) is 24.0 Å². The molecule has 34 heavy (non-hydrogen) atoms. The molecule has 0 aromatic heterocycles. The van der Waals surface area contributed by atoms with Crippen molar-refractivity contribution in [1.82, 2.24) is 10.6 Å². The third-order valence-electron chi connectivity index (χ3n) is 6.29. The molecule has 2 fully saturated rings. The minimum Gasteiger partial charge on any atom is -0.372 e. The Balaban J connectivity index is 0.00000324. The number of aliphatic imine (C=N–C) groups is 1. The number of hydrogen-bond acceptors (Lipinski definition) is 4. The Morgan fingerprint density at radius 1 is 1.15 bits per heavy atom. The molecule has 2 unspecified atom stereocenters. The molecular weight excluding hydrogens is 541 g/mol. The van der Waals surface area contributed by atoms with Crippen molar-refractivity contribution >= 4 is 47.2 Å². The lowest BCUT2D eigenvalue weighted by Gasteiger charge is -2.22. The van der Waals surface area contributed by atoms with E-state index in [1.807, 2.05) is 24.3 Å². The van der Waals surface area contributed by atoms with Crippen LogP contribution in [0.2, 0.25) is 0 Å². The molecule has 0 radical (unpaired) electrons. The van der Waals surface area contributed by atoms with E-state index in [9.17, 15) is 4.79 Å². The van der Waals surface area contributed by atoms with Crippen molar-refractivity contribution in [2.75, 3.05) is 37.0 Å². The molecule has 0 saturated carbocycles. The van der Waals surface area contributed by atoms with Gasteiger partial charge in [-0.1, -0.05) is 24.3 Å². The maximum absolute atomic E-state index is 12.3. The number of carbonyl (C=O) groups is 1. The van der Waals surface area contributed by atoms with Gasteiger partial charge in [-0.05, 0) is 68.0 Å². The molecule has 2 aromatic rings. The number of amides is 1. The number of anilines is 2.